The monoisotopic (exact) mass is 635 g/mol. The zero-order chi connectivity index (χ0) is 31.8. The number of aryl methyl sites for hydroxylation is 1. The first-order valence-electron chi connectivity index (χ1n) is 12.1. The van der Waals surface area contributed by atoms with Crippen molar-refractivity contribution < 1.29 is 40.5 Å². The molecule has 0 aliphatic rings. The largest absolute Gasteiger partial charge is 0.744 e. The van der Waals surface area contributed by atoms with Crippen LogP contribution in [-0.4, -0.2) is 36.9 Å². The van der Waals surface area contributed by atoms with E-state index in [1.807, 2.05) is 6.92 Å². The Kier molecular flexibility index (Phi) is 10.7. The Morgan fingerprint density at radius 3 is 2.07 bits per heavy atom. The third-order valence-electron chi connectivity index (χ3n) is 5.38. The molecule has 4 rings (SSSR count). The number of aromatic nitrogens is 1. The Hall–Kier alpha value is -4.66. The third kappa shape index (κ3) is 9.99. The van der Waals surface area contributed by atoms with Crippen LogP contribution in [0.2, 0.25) is 5.02 Å². The lowest BCUT2D eigenvalue weighted by atomic mass is 10.2. The number of ether oxygens (including phenoxy) is 1. The minimum absolute atomic E-state index is 0.0659. The zero-order valence-electron chi connectivity index (χ0n) is 22.4. The maximum absolute atomic E-state index is 12.9. The molecular formula is C28H23ClF3N4O6S-. The van der Waals surface area contributed by atoms with Crippen LogP contribution in [0.1, 0.15) is 21.6 Å². The number of nitrogens with one attached hydrogen (secondary N) is 3. The van der Waals surface area contributed by atoms with Crippen molar-refractivity contribution in [2.45, 2.75) is 18.0 Å². The van der Waals surface area contributed by atoms with E-state index in [1.165, 1.54) is 37.5 Å². The molecule has 3 aromatic carbocycles. The second kappa shape index (κ2) is 14.0. The Bertz CT molecular complexity index is 1700. The van der Waals surface area contributed by atoms with Crippen LogP contribution in [0.15, 0.2) is 90.0 Å². The van der Waals surface area contributed by atoms with Crippen LogP contribution < -0.4 is 20.7 Å². The molecule has 10 nitrogen and oxygen atoms in total. The molecule has 1 heterocycles. The summed E-state index contributed by atoms with van der Waals surface area (Å²) in [6.07, 6.45) is -3.21. The average Bonchev–Trinajstić information content (AvgIpc) is 2.94. The fourth-order valence-electron chi connectivity index (χ4n) is 3.29. The van der Waals surface area contributed by atoms with Gasteiger partial charge in [0, 0.05) is 30.7 Å². The van der Waals surface area contributed by atoms with Gasteiger partial charge >= 0.3 is 12.2 Å². The van der Waals surface area contributed by atoms with Crippen molar-refractivity contribution in [2.75, 3.05) is 17.7 Å². The Morgan fingerprint density at radius 1 is 0.884 bits per heavy atom. The van der Waals surface area contributed by atoms with Gasteiger partial charge in [-0.05, 0) is 67.6 Å². The summed E-state index contributed by atoms with van der Waals surface area (Å²) < 4.78 is 75.6. The predicted molar refractivity (Wildman–Crippen MR) is 152 cm³/mol. The molecule has 15 heteroatoms. The summed E-state index contributed by atoms with van der Waals surface area (Å²) >= 11 is 5.57. The standard InChI is InChI=1S/C21H16ClF3N4O3.C7H8O3S/c1-26-19(30)18-11-15(8-9-27-18)32-14-5-2-12(3-6-14)28-20(31)29-13-4-7-17(22)16(10-13)21(23,24)25;1-6-2-4-7(5-3-6)11(8,9)10/h2-11H,1H3,(H,26,30)(H2,28,29,31);2-5H,1H3,(H,8,9,10)/p-1. The zero-order valence-corrected chi connectivity index (χ0v) is 24.0. The number of hydrogen-bond donors (Lipinski definition) is 3. The number of carbonyl (C=O) groups excluding carboxylic acids is 2. The van der Waals surface area contributed by atoms with Gasteiger partial charge in [-0.15, -0.1) is 0 Å². The summed E-state index contributed by atoms with van der Waals surface area (Å²) in [6.45, 7) is 1.82. The van der Waals surface area contributed by atoms with E-state index < -0.39 is 32.9 Å². The molecule has 0 saturated heterocycles. The van der Waals surface area contributed by atoms with Crippen molar-refractivity contribution in [3.63, 3.8) is 0 Å². The first-order valence-corrected chi connectivity index (χ1v) is 13.9. The molecule has 1 aromatic heterocycles. The number of rotatable bonds is 6. The first kappa shape index (κ1) is 32.8. The summed E-state index contributed by atoms with van der Waals surface area (Å²) in [4.78, 5) is 27.5. The van der Waals surface area contributed by atoms with Crippen molar-refractivity contribution in [1.82, 2.24) is 10.3 Å². The third-order valence-corrected chi connectivity index (χ3v) is 6.56. The topological polar surface area (TPSA) is 150 Å². The van der Waals surface area contributed by atoms with Gasteiger partial charge in [0.2, 0.25) is 0 Å². The molecule has 0 radical (unpaired) electrons. The lowest BCUT2D eigenvalue weighted by molar-refractivity contribution is -0.137. The first-order chi connectivity index (χ1) is 20.2. The highest BCUT2D eigenvalue weighted by atomic mass is 35.5. The minimum atomic E-state index is -4.64. The van der Waals surface area contributed by atoms with Gasteiger partial charge in [0.1, 0.15) is 27.3 Å². The van der Waals surface area contributed by atoms with Gasteiger partial charge in [-0.25, -0.2) is 13.2 Å². The normalized spacial score (nSPS) is 11.0. The predicted octanol–water partition coefficient (Wildman–Crippen LogP) is 6.45. The fourth-order valence-corrected chi connectivity index (χ4v) is 3.98. The van der Waals surface area contributed by atoms with Crippen LogP contribution in [-0.2, 0) is 16.3 Å². The number of alkyl halides is 3. The van der Waals surface area contributed by atoms with Crippen LogP contribution >= 0.6 is 11.6 Å². The van der Waals surface area contributed by atoms with E-state index in [0.717, 1.165) is 17.7 Å². The van der Waals surface area contributed by atoms with E-state index in [-0.39, 0.29) is 22.2 Å². The molecule has 0 saturated carbocycles. The van der Waals surface area contributed by atoms with Gasteiger partial charge < -0.3 is 25.2 Å². The number of halogens is 4. The smallest absolute Gasteiger partial charge is 0.417 e. The van der Waals surface area contributed by atoms with Crippen LogP contribution in [0, 0.1) is 6.92 Å². The second-order valence-corrected chi connectivity index (χ2v) is 10.4. The highest BCUT2D eigenvalue weighted by Gasteiger charge is 2.33. The SMILES string of the molecule is CNC(=O)c1cc(Oc2ccc(NC(=O)Nc3ccc(Cl)c(C(F)(F)F)c3)cc2)ccn1.Cc1ccc(S(=O)(=O)[O-])cc1. The van der Waals surface area contributed by atoms with Crippen LogP contribution in [0.3, 0.4) is 0 Å². The van der Waals surface area contributed by atoms with Crippen LogP contribution in [0.5, 0.6) is 11.5 Å². The van der Waals surface area contributed by atoms with Crippen molar-refractivity contribution >= 4 is 45.0 Å². The van der Waals surface area contributed by atoms with E-state index in [2.05, 4.69) is 20.9 Å². The Balaban J connectivity index is 0.000000386. The molecule has 0 aliphatic carbocycles. The number of carbonyl (C=O) groups is 2. The van der Waals surface area contributed by atoms with Gasteiger partial charge in [-0.2, -0.15) is 13.2 Å². The lowest BCUT2D eigenvalue weighted by Gasteiger charge is -2.12. The fraction of sp³-hybridized carbons (Fsp3) is 0.107. The average molecular weight is 636 g/mol. The molecule has 4 aromatic rings. The minimum Gasteiger partial charge on any atom is -0.744 e. The van der Waals surface area contributed by atoms with Crippen molar-refractivity contribution in [1.29, 1.82) is 0 Å². The van der Waals surface area contributed by atoms with Crippen molar-refractivity contribution in [2.24, 2.45) is 0 Å². The van der Waals surface area contributed by atoms with Crippen LogP contribution in [0.25, 0.3) is 0 Å². The van der Waals surface area contributed by atoms with E-state index >= 15 is 0 Å². The number of anilines is 2. The molecule has 0 fully saturated rings. The molecule has 43 heavy (non-hydrogen) atoms. The summed E-state index contributed by atoms with van der Waals surface area (Å²) in [7, 11) is -2.78. The summed E-state index contributed by atoms with van der Waals surface area (Å²) in [5.41, 5.74) is 0.381. The van der Waals surface area contributed by atoms with E-state index in [9.17, 15) is 35.7 Å². The van der Waals surface area contributed by atoms with Crippen molar-refractivity contribution in [3.05, 3.63) is 107 Å². The summed E-state index contributed by atoms with van der Waals surface area (Å²) in [5, 5.41) is 6.83. The van der Waals surface area contributed by atoms with E-state index in [0.29, 0.717) is 17.2 Å². The molecule has 0 aliphatic heterocycles. The molecule has 0 spiro atoms. The van der Waals surface area contributed by atoms with Gasteiger partial charge in [0.25, 0.3) is 5.91 Å². The number of urea groups is 1. The number of amides is 3. The molecule has 3 N–H and O–H groups in total. The van der Waals surface area contributed by atoms with Gasteiger partial charge in [0.05, 0.1) is 15.5 Å². The van der Waals surface area contributed by atoms with Gasteiger partial charge in [-0.3, -0.25) is 9.78 Å². The maximum Gasteiger partial charge on any atom is 0.417 e. The summed E-state index contributed by atoms with van der Waals surface area (Å²) in [6, 6.07) is 17.4. The maximum atomic E-state index is 12.9. The molecule has 226 valence electrons. The number of nitrogens with zero attached hydrogens (tertiary/aromatic N) is 1. The molecule has 0 atom stereocenters. The summed E-state index contributed by atoms with van der Waals surface area (Å²) in [5.74, 6) is 0.460. The Labute approximate surface area is 249 Å². The number of hydrogen-bond acceptors (Lipinski definition) is 7. The highest BCUT2D eigenvalue weighted by molar-refractivity contribution is 7.85. The van der Waals surface area contributed by atoms with Crippen LogP contribution in [0.4, 0.5) is 29.3 Å². The molecule has 0 bridgehead atoms. The molecule has 0 unspecified atom stereocenters. The number of benzene rings is 3. The second-order valence-electron chi connectivity index (χ2n) is 8.62. The van der Waals surface area contributed by atoms with E-state index in [1.54, 1.807) is 42.5 Å². The molecule has 3 amide bonds. The Morgan fingerprint density at radius 2 is 1.49 bits per heavy atom. The van der Waals surface area contributed by atoms with Gasteiger partial charge in [-0.1, -0.05) is 29.3 Å². The molecular weight excluding hydrogens is 613 g/mol. The lowest BCUT2D eigenvalue weighted by Crippen LogP contribution is -2.19. The number of pyridine rings is 1. The van der Waals surface area contributed by atoms with Gasteiger partial charge in [0.15, 0.2) is 0 Å². The van der Waals surface area contributed by atoms with E-state index in [4.69, 9.17) is 16.3 Å². The van der Waals surface area contributed by atoms with Crippen molar-refractivity contribution in [3.8, 4) is 11.5 Å². The highest BCUT2D eigenvalue weighted by Crippen LogP contribution is 2.36. The quantitative estimate of drug-likeness (QED) is 0.206.